The average Bonchev–Trinajstić information content (AvgIpc) is 2.93. The standard InChI is InChI=1S/C14H21NO4/c1-8(16)3-2-6-15-13(17)11-9-4-5-10(7-9)12(11)14(18)19/h4-5,8-12,16H,2-3,6-7H2,1H3,(H,15,17)(H,18,19)/t8?,9?,10?,11-,12+/m0/s1. The second kappa shape index (κ2) is 5.74. The summed E-state index contributed by atoms with van der Waals surface area (Å²) in [5.41, 5.74) is 0. The van der Waals surface area contributed by atoms with Crippen molar-refractivity contribution in [2.24, 2.45) is 23.7 Å². The van der Waals surface area contributed by atoms with E-state index >= 15 is 0 Å². The molecule has 0 heterocycles. The van der Waals surface area contributed by atoms with Gasteiger partial charge in [-0.1, -0.05) is 12.2 Å². The number of aliphatic carboxylic acids is 1. The van der Waals surface area contributed by atoms with Gasteiger partial charge in [-0.05, 0) is 38.0 Å². The lowest BCUT2D eigenvalue weighted by molar-refractivity contribution is -0.147. The Morgan fingerprint density at radius 2 is 1.95 bits per heavy atom. The zero-order valence-corrected chi connectivity index (χ0v) is 11.1. The zero-order valence-electron chi connectivity index (χ0n) is 11.1. The van der Waals surface area contributed by atoms with Crippen molar-refractivity contribution < 1.29 is 19.8 Å². The molecule has 5 nitrogen and oxygen atoms in total. The van der Waals surface area contributed by atoms with E-state index in [4.69, 9.17) is 5.11 Å². The normalized spacial score (nSPS) is 33.4. The van der Waals surface area contributed by atoms with Gasteiger partial charge in [0.15, 0.2) is 0 Å². The van der Waals surface area contributed by atoms with Crippen LogP contribution < -0.4 is 5.32 Å². The Morgan fingerprint density at radius 1 is 1.32 bits per heavy atom. The Labute approximate surface area is 112 Å². The van der Waals surface area contributed by atoms with Gasteiger partial charge in [-0.2, -0.15) is 0 Å². The Balaban J connectivity index is 1.88. The first kappa shape index (κ1) is 14.1. The lowest BCUT2D eigenvalue weighted by atomic mass is 9.82. The molecule has 0 radical (unpaired) electrons. The first-order chi connectivity index (χ1) is 9.00. The first-order valence-electron chi connectivity index (χ1n) is 6.87. The van der Waals surface area contributed by atoms with Crippen molar-refractivity contribution >= 4 is 11.9 Å². The molecule has 0 spiro atoms. The fourth-order valence-electron chi connectivity index (χ4n) is 3.24. The number of carboxylic acid groups (broad SMARTS) is 1. The van der Waals surface area contributed by atoms with Gasteiger partial charge in [-0.25, -0.2) is 0 Å². The van der Waals surface area contributed by atoms with Crippen LogP contribution in [0.5, 0.6) is 0 Å². The summed E-state index contributed by atoms with van der Waals surface area (Å²) in [6.07, 6.45) is 5.67. The Hall–Kier alpha value is -1.36. The highest BCUT2D eigenvalue weighted by atomic mass is 16.4. The van der Waals surface area contributed by atoms with Crippen LogP contribution in [0.15, 0.2) is 12.2 Å². The monoisotopic (exact) mass is 267 g/mol. The van der Waals surface area contributed by atoms with Gasteiger partial charge in [0.2, 0.25) is 5.91 Å². The molecule has 1 saturated carbocycles. The summed E-state index contributed by atoms with van der Waals surface area (Å²) in [7, 11) is 0. The van der Waals surface area contributed by atoms with Gasteiger partial charge < -0.3 is 15.5 Å². The van der Waals surface area contributed by atoms with Crippen molar-refractivity contribution in [2.45, 2.75) is 32.3 Å². The van der Waals surface area contributed by atoms with Crippen LogP contribution in [0.2, 0.25) is 0 Å². The van der Waals surface area contributed by atoms with E-state index in [-0.39, 0.29) is 23.8 Å². The smallest absolute Gasteiger partial charge is 0.307 e. The third-order valence-corrected chi connectivity index (χ3v) is 4.15. The number of carbonyl (C=O) groups is 2. The molecule has 0 aromatic rings. The number of rotatable bonds is 6. The SMILES string of the molecule is CC(O)CCCNC(=O)[C@H]1C2C=CC(C2)[C@H]1C(=O)O. The minimum atomic E-state index is -0.874. The average molecular weight is 267 g/mol. The summed E-state index contributed by atoms with van der Waals surface area (Å²) in [6.45, 7) is 2.21. The van der Waals surface area contributed by atoms with Gasteiger partial charge in [-0.3, -0.25) is 9.59 Å². The maximum atomic E-state index is 12.1. The van der Waals surface area contributed by atoms with Crippen LogP contribution in [-0.4, -0.2) is 34.7 Å². The summed E-state index contributed by atoms with van der Waals surface area (Å²) in [5.74, 6) is -1.96. The summed E-state index contributed by atoms with van der Waals surface area (Å²) in [4.78, 5) is 23.4. The van der Waals surface area contributed by atoms with E-state index in [0.717, 1.165) is 6.42 Å². The molecule has 1 amide bonds. The second-order valence-electron chi connectivity index (χ2n) is 5.62. The predicted molar refractivity (Wildman–Crippen MR) is 69.3 cm³/mol. The summed E-state index contributed by atoms with van der Waals surface area (Å²) in [5, 5.41) is 21.2. The molecule has 106 valence electrons. The molecule has 0 aliphatic heterocycles. The van der Waals surface area contributed by atoms with Crippen LogP contribution >= 0.6 is 0 Å². The highest BCUT2D eigenvalue weighted by molar-refractivity contribution is 5.86. The van der Waals surface area contributed by atoms with Crippen LogP contribution in [0.1, 0.15) is 26.2 Å². The van der Waals surface area contributed by atoms with Gasteiger partial charge >= 0.3 is 5.97 Å². The fourth-order valence-corrected chi connectivity index (χ4v) is 3.24. The third kappa shape index (κ3) is 2.97. The van der Waals surface area contributed by atoms with E-state index < -0.39 is 17.8 Å². The lowest BCUT2D eigenvalue weighted by Crippen LogP contribution is -2.40. The van der Waals surface area contributed by atoms with Crippen LogP contribution in [0, 0.1) is 23.7 Å². The summed E-state index contributed by atoms with van der Waals surface area (Å²) >= 11 is 0. The van der Waals surface area contributed by atoms with Gasteiger partial charge in [-0.15, -0.1) is 0 Å². The van der Waals surface area contributed by atoms with Crippen molar-refractivity contribution in [1.82, 2.24) is 5.32 Å². The number of amides is 1. The Bertz CT molecular complexity index is 391. The Kier molecular flexibility index (Phi) is 4.24. The first-order valence-corrected chi connectivity index (χ1v) is 6.87. The van der Waals surface area contributed by atoms with E-state index in [2.05, 4.69) is 5.32 Å². The number of aliphatic hydroxyl groups is 1. The van der Waals surface area contributed by atoms with E-state index in [9.17, 15) is 14.7 Å². The molecule has 0 saturated heterocycles. The molecule has 5 atom stereocenters. The number of fused-ring (bicyclic) bond motifs is 2. The minimum absolute atomic E-state index is 0.00992. The van der Waals surface area contributed by atoms with Crippen LogP contribution in [0.4, 0.5) is 0 Å². The molecule has 3 unspecified atom stereocenters. The molecular formula is C14H21NO4. The topological polar surface area (TPSA) is 86.6 Å². The molecule has 5 heteroatoms. The zero-order chi connectivity index (χ0) is 14.0. The van der Waals surface area contributed by atoms with Gasteiger partial charge in [0, 0.05) is 6.54 Å². The van der Waals surface area contributed by atoms with Crippen molar-refractivity contribution in [3.63, 3.8) is 0 Å². The maximum absolute atomic E-state index is 12.1. The van der Waals surface area contributed by atoms with E-state index in [1.54, 1.807) is 6.92 Å². The number of allylic oxidation sites excluding steroid dienone is 2. The van der Waals surface area contributed by atoms with Gasteiger partial charge in [0.1, 0.15) is 0 Å². The lowest BCUT2D eigenvalue weighted by Gasteiger charge is -2.23. The van der Waals surface area contributed by atoms with Crippen molar-refractivity contribution in [1.29, 1.82) is 0 Å². The van der Waals surface area contributed by atoms with Gasteiger partial charge in [0.05, 0.1) is 17.9 Å². The van der Waals surface area contributed by atoms with Crippen molar-refractivity contribution in [2.75, 3.05) is 6.54 Å². The van der Waals surface area contributed by atoms with E-state index in [1.165, 1.54) is 0 Å². The largest absolute Gasteiger partial charge is 0.481 e. The molecule has 3 N–H and O–H groups in total. The number of nitrogens with one attached hydrogen (secondary N) is 1. The molecule has 2 rings (SSSR count). The molecule has 19 heavy (non-hydrogen) atoms. The molecule has 2 bridgehead atoms. The highest BCUT2D eigenvalue weighted by Gasteiger charge is 2.51. The maximum Gasteiger partial charge on any atom is 0.307 e. The minimum Gasteiger partial charge on any atom is -0.481 e. The molecule has 0 aromatic carbocycles. The van der Waals surface area contributed by atoms with Crippen LogP contribution in [0.3, 0.4) is 0 Å². The second-order valence-corrected chi connectivity index (χ2v) is 5.62. The van der Waals surface area contributed by atoms with Gasteiger partial charge in [0.25, 0.3) is 0 Å². The highest BCUT2D eigenvalue weighted by Crippen LogP contribution is 2.48. The fraction of sp³-hybridized carbons (Fsp3) is 0.714. The summed E-state index contributed by atoms with van der Waals surface area (Å²) < 4.78 is 0. The third-order valence-electron chi connectivity index (χ3n) is 4.15. The molecule has 1 fully saturated rings. The number of aliphatic hydroxyl groups excluding tert-OH is 1. The molecule has 0 aromatic heterocycles. The molecule has 2 aliphatic carbocycles. The number of carbonyl (C=O) groups excluding carboxylic acids is 1. The van der Waals surface area contributed by atoms with E-state index in [1.807, 2.05) is 12.2 Å². The van der Waals surface area contributed by atoms with Crippen LogP contribution in [-0.2, 0) is 9.59 Å². The number of hydrogen-bond donors (Lipinski definition) is 3. The summed E-state index contributed by atoms with van der Waals surface area (Å²) in [6, 6.07) is 0. The Morgan fingerprint density at radius 3 is 2.53 bits per heavy atom. The van der Waals surface area contributed by atoms with E-state index in [0.29, 0.717) is 19.4 Å². The number of hydrogen-bond acceptors (Lipinski definition) is 3. The molecule has 2 aliphatic rings. The van der Waals surface area contributed by atoms with Crippen molar-refractivity contribution in [3.8, 4) is 0 Å². The predicted octanol–water partition coefficient (Wildman–Crippen LogP) is 0.787. The number of carboxylic acids is 1. The van der Waals surface area contributed by atoms with Crippen LogP contribution in [0.25, 0.3) is 0 Å². The molecular weight excluding hydrogens is 246 g/mol. The van der Waals surface area contributed by atoms with Crippen molar-refractivity contribution in [3.05, 3.63) is 12.2 Å². The quantitative estimate of drug-likeness (QED) is 0.490.